The van der Waals surface area contributed by atoms with Crippen molar-refractivity contribution < 1.29 is 0 Å². The average molecular weight is 1690 g/mol. The van der Waals surface area contributed by atoms with E-state index in [1.807, 2.05) is 116 Å². The summed E-state index contributed by atoms with van der Waals surface area (Å²) < 4.78 is 2.06. The Bertz CT molecular complexity index is 8900. The SMILES string of the molecule is c1ccc(-c2c3cc(-c4ccc(-c5ccncc5)cc4)ccc3c(-c3ccccc3)c3c2ccc2cccnc23)cc1.c1ccc(-c2c3cc(-c4ccc(-c5cn6ccccc6n5)cc4)ccc3c(-c3ccccc3)c3c2ccc2cccnc23)cc1.c1ccc(-c2c3cc(-c4ccc(-c5cnc6ccccc6c5)nc4)ccc3c(-c3ccccc3)c3c2ccc2cccnc23)cc1. The van der Waals surface area contributed by atoms with Crippen LogP contribution in [-0.2, 0) is 0 Å². The van der Waals surface area contributed by atoms with E-state index in [-0.39, 0.29) is 0 Å². The van der Waals surface area contributed by atoms with Gasteiger partial charge in [-0.15, -0.1) is 0 Å². The Balaban J connectivity index is 0.000000110. The highest BCUT2D eigenvalue weighted by atomic mass is 15.0. The van der Waals surface area contributed by atoms with Crippen molar-refractivity contribution in [2.75, 3.05) is 0 Å². The van der Waals surface area contributed by atoms with Crippen molar-refractivity contribution in [1.29, 1.82) is 0 Å². The number of fused-ring (bicyclic) bond motifs is 14. The minimum absolute atomic E-state index is 0.907. The molecule has 0 saturated heterocycles. The quantitative estimate of drug-likeness (QED) is 0.0888. The van der Waals surface area contributed by atoms with Crippen LogP contribution in [0.3, 0.4) is 0 Å². The summed E-state index contributed by atoms with van der Waals surface area (Å²) in [6.45, 7) is 0. The summed E-state index contributed by atoms with van der Waals surface area (Å²) in [4.78, 5) is 33.3. The van der Waals surface area contributed by atoms with Gasteiger partial charge in [0.2, 0.25) is 0 Å². The predicted molar refractivity (Wildman–Crippen MR) is 555 cm³/mol. The summed E-state index contributed by atoms with van der Waals surface area (Å²) in [6.07, 6.45) is 17.4. The maximum atomic E-state index is 4.94. The third kappa shape index (κ3) is 14.5. The Morgan fingerprint density at radius 2 is 0.519 bits per heavy atom. The molecule has 0 radical (unpaired) electrons. The fourth-order valence-corrected chi connectivity index (χ4v) is 19.8. The molecule has 0 aliphatic rings. The molecular formula is C125H80N8. The number of aromatic nitrogens is 8. The Morgan fingerprint density at radius 3 is 0.932 bits per heavy atom. The van der Waals surface area contributed by atoms with Gasteiger partial charge >= 0.3 is 0 Å². The van der Waals surface area contributed by atoms with E-state index < -0.39 is 0 Å². The molecule has 8 heterocycles. The van der Waals surface area contributed by atoms with Crippen LogP contribution >= 0.6 is 0 Å². The van der Waals surface area contributed by atoms with Crippen LogP contribution in [-0.4, -0.2) is 39.3 Å². The van der Waals surface area contributed by atoms with Crippen LogP contribution in [0.5, 0.6) is 0 Å². The first-order valence-corrected chi connectivity index (χ1v) is 45.0. The fourth-order valence-electron chi connectivity index (χ4n) is 19.8. The van der Waals surface area contributed by atoms with Crippen molar-refractivity contribution >= 4 is 114 Å². The standard InChI is InChI=1S/C43H27N3.C42H27N3.C40H26N2/c1-3-10-28(11-4-1)40-36-21-17-30-15-9-23-44-43(30)42(36)41(29-12-5-2-6-13-29)35-20-18-31(25-37(35)40)33-19-22-39(45-26-33)34-24-32-14-7-8-16-38(32)46-27-34;1-3-10-30(11-4-1)39-35-23-20-32-14-9-24-43-42(32)41(35)40(31-12-5-2-6-13-31)34-22-21-33(26-36(34)39)28-16-18-29(19-17-28)37-27-45-25-8-7-15-38(45)44-37;1-3-8-30(9-4-1)37-35-20-17-32-12-7-23-42-40(32)39(35)38(31-10-5-2-6-11-31)34-19-18-33(26-36(34)37)28-15-13-27(14-16-28)29-21-24-41-25-22-29/h1-27H;1-27H;1-26H. The molecule has 0 spiro atoms. The average Bonchev–Trinajstić information content (AvgIpc) is 1.14. The summed E-state index contributed by atoms with van der Waals surface area (Å²) in [5.74, 6) is 0. The zero-order chi connectivity index (χ0) is 88.1. The second-order valence-electron chi connectivity index (χ2n) is 33.7. The van der Waals surface area contributed by atoms with Gasteiger partial charge in [-0.05, 0) is 233 Å². The lowest BCUT2D eigenvalue weighted by Crippen LogP contribution is -1.94. The van der Waals surface area contributed by atoms with E-state index in [1.54, 1.807) is 0 Å². The number of nitrogens with zero attached hydrogens (tertiary/aromatic N) is 8. The normalized spacial score (nSPS) is 11.5. The number of benzene rings is 18. The molecule has 0 saturated carbocycles. The topological polar surface area (TPSA) is 94.6 Å². The molecule has 8 nitrogen and oxygen atoms in total. The van der Waals surface area contributed by atoms with Gasteiger partial charge in [-0.1, -0.05) is 352 Å². The zero-order valence-electron chi connectivity index (χ0n) is 72.3. The largest absolute Gasteiger partial charge is 0.306 e. The zero-order valence-corrected chi connectivity index (χ0v) is 72.3. The number of imidazole rings is 1. The molecule has 18 aromatic carbocycles. The molecule has 8 aromatic heterocycles. The molecular weight excluding hydrogens is 1610 g/mol. The van der Waals surface area contributed by atoms with Gasteiger partial charge in [0.15, 0.2) is 0 Å². The Hall–Kier alpha value is -17.9. The Labute approximate surface area is 768 Å². The minimum atomic E-state index is 0.907. The lowest BCUT2D eigenvalue weighted by Gasteiger charge is -2.20. The van der Waals surface area contributed by atoms with Crippen molar-refractivity contribution in [3.05, 3.63) is 486 Å². The van der Waals surface area contributed by atoms with Crippen LogP contribution in [0.25, 0.3) is 248 Å². The molecule has 0 bridgehead atoms. The number of rotatable bonds is 12. The maximum Gasteiger partial charge on any atom is 0.137 e. The smallest absolute Gasteiger partial charge is 0.137 e. The van der Waals surface area contributed by atoms with Gasteiger partial charge < -0.3 is 4.40 Å². The summed E-state index contributed by atoms with van der Waals surface area (Å²) in [5.41, 5.74) is 32.8. The molecule has 133 heavy (non-hydrogen) atoms. The van der Waals surface area contributed by atoms with Crippen molar-refractivity contribution in [3.63, 3.8) is 0 Å². The first-order chi connectivity index (χ1) is 66.0. The van der Waals surface area contributed by atoms with Crippen LogP contribution in [0.15, 0.2) is 486 Å². The first-order valence-electron chi connectivity index (χ1n) is 45.0. The summed E-state index contributed by atoms with van der Waals surface area (Å²) in [7, 11) is 0. The highest BCUT2D eigenvalue weighted by Gasteiger charge is 2.25. The third-order valence-corrected chi connectivity index (χ3v) is 26.0. The Kier molecular flexibility index (Phi) is 20.1. The molecule has 0 atom stereocenters. The highest BCUT2D eigenvalue weighted by molar-refractivity contribution is 6.31. The molecule has 0 unspecified atom stereocenters. The van der Waals surface area contributed by atoms with E-state index in [0.29, 0.717) is 0 Å². The van der Waals surface area contributed by atoms with E-state index in [1.165, 1.54) is 165 Å². The van der Waals surface area contributed by atoms with Crippen LogP contribution in [0.4, 0.5) is 0 Å². The number of hydrogen-bond donors (Lipinski definition) is 0. The second kappa shape index (κ2) is 34.1. The van der Waals surface area contributed by atoms with Gasteiger partial charge in [-0.3, -0.25) is 29.9 Å². The van der Waals surface area contributed by atoms with Crippen LogP contribution in [0.2, 0.25) is 0 Å². The van der Waals surface area contributed by atoms with Gasteiger partial charge in [0, 0.05) is 110 Å². The van der Waals surface area contributed by atoms with Gasteiger partial charge in [-0.2, -0.15) is 0 Å². The van der Waals surface area contributed by atoms with E-state index >= 15 is 0 Å². The van der Waals surface area contributed by atoms with Crippen molar-refractivity contribution in [3.8, 4) is 134 Å². The molecule has 620 valence electrons. The van der Waals surface area contributed by atoms with E-state index in [4.69, 9.17) is 24.9 Å². The monoisotopic (exact) mass is 1690 g/mol. The summed E-state index contributed by atoms with van der Waals surface area (Å²) in [6, 6.07) is 153. The van der Waals surface area contributed by atoms with E-state index in [0.717, 1.165) is 82.9 Å². The number of pyridine rings is 7. The first kappa shape index (κ1) is 78.6. The molecule has 0 aliphatic heterocycles. The lowest BCUT2D eigenvalue weighted by atomic mass is 9.84. The van der Waals surface area contributed by atoms with Gasteiger partial charge in [-0.25, -0.2) is 4.98 Å². The molecule has 26 aromatic rings. The maximum absolute atomic E-state index is 4.94. The van der Waals surface area contributed by atoms with Crippen molar-refractivity contribution in [2.24, 2.45) is 0 Å². The molecule has 8 heteroatoms. The van der Waals surface area contributed by atoms with Crippen LogP contribution in [0.1, 0.15) is 0 Å². The van der Waals surface area contributed by atoms with Crippen molar-refractivity contribution in [2.45, 2.75) is 0 Å². The van der Waals surface area contributed by atoms with Crippen molar-refractivity contribution in [1.82, 2.24) is 39.3 Å². The molecule has 0 fully saturated rings. The predicted octanol–water partition coefficient (Wildman–Crippen LogP) is 32.6. The summed E-state index contributed by atoms with van der Waals surface area (Å²) >= 11 is 0. The Morgan fingerprint density at radius 1 is 0.180 bits per heavy atom. The molecule has 0 amide bonds. The lowest BCUT2D eigenvalue weighted by molar-refractivity contribution is 1.19. The van der Waals surface area contributed by atoms with Gasteiger partial charge in [0.25, 0.3) is 0 Å². The van der Waals surface area contributed by atoms with Gasteiger partial charge in [0.1, 0.15) is 5.65 Å². The van der Waals surface area contributed by atoms with Gasteiger partial charge in [0.05, 0.1) is 33.5 Å². The van der Waals surface area contributed by atoms with E-state index in [2.05, 4.69) is 385 Å². The number of hydrogen-bond acceptors (Lipinski definition) is 7. The number of para-hydroxylation sites is 1. The van der Waals surface area contributed by atoms with Crippen LogP contribution in [0, 0.1) is 0 Å². The molecule has 0 aliphatic carbocycles. The minimum Gasteiger partial charge on any atom is -0.306 e. The molecule has 0 N–H and O–H groups in total. The second-order valence-corrected chi connectivity index (χ2v) is 33.7. The molecule has 26 rings (SSSR count). The highest BCUT2D eigenvalue weighted by Crippen LogP contribution is 2.52. The fraction of sp³-hybridized carbons (Fsp3) is 0. The summed E-state index contributed by atoms with van der Waals surface area (Å²) in [5, 5.41) is 19.0. The van der Waals surface area contributed by atoms with E-state index in [9.17, 15) is 0 Å². The third-order valence-electron chi connectivity index (χ3n) is 26.0. The van der Waals surface area contributed by atoms with Crippen LogP contribution < -0.4 is 0 Å².